The van der Waals surface area contributed by atoms with Crippen molar-refractivity contribution in [1.82, 2.24) is 10.6 Å². The molecular weight excluding hydrogens is 438 g/mol. The van der Waals surface area contributed by atoms with Crippen molar-refractivity contribution in [2.75, 3.05) is 6.61 Å². The number of amides is 3. The Bertz CT molecular complexity index is 968. The number of hydrogen-bond acceptors (Lipinski definition) is 6. The number of hydrogen-bond donors (Lipinski definition) is 2. The number of carbonyl (C=O) groups excluding carboxylic acids is 4. The van der Waals surface area contributed by atoms with Crippen LogP contribution in [-0.4, -0.2) is 43.0 Å². The molecule has 2 N–H and O–H groups in total. The van der Waals surface area contributed by atoms with Crippen LogP contribution in [0.5, 0.6) is 5.75 Å². The zero-order valence-corrected chi connectivity index (χ0v) is 16.8. The van der Waals surface area contributed by atoms with Gasteiger partial charge in [-0.1, -0.05) is 23.7 Å². The minimum Gasteiger partial charge on any atom is -0.454 e. The van der Waals surface area contributed by atoms with E-state index in [1.54, 1.807) is 12.1 Å². The second-order valence-corrected chi connectivity index (χ2v) is 6.47. The maximum atomic E-state index is 12.1. The molecule has 0 saturated heterocycles. The first kappa shape index (κ1) is 23.7. The van der Waals surface area contributed by atoms with E-state index in [4.69, 9.17) is 16.3 Å². The van der Waals surface area contributed by atoms with Crippen LogP contribution in [0.3, 0.4) is 0 Å². The Morgan fingerprint density at radius 1 is 1.00 bits per heavy atom. The van der Waals surface area contributed by atoms with Crippen LogP contribution in [0.2, 0.25) is 5.02 Å². The number of esters is 1. The van der Waals surface area contributed by atoms with Gasteiger partial charge in [0, 0.05) is 5.56 Å². The predicted octanol–water partition coefficient (Wildman–Crippen LogP) is 2.56. The van der Waals surface area contributed by atoms with Crippen LogP contribution in [0.25, 0.3) is 0 Å². The van der Waals surface area contributed by atoms with Crippen LogP contribution >= 0.6 is 11.6 Å². The molecule has 1 atom stereocenters. The molecule has 3 amide bonds. The van der Waals surface area contributed by atoms with Gasteiger partial charge in [-0.25, -0.2) is 4.79 Å². The standard InChI is InChI=1S/C20H17ClF2N2O6/c1-11(24-18(28)14-4-2-3-5-15(14)21)19(29)30-10-16(26)25-17(27)12-6-8-13(9-7-12)31-20(22)23/h2-9,11,20H,10H2,1H3,(H,24,28)(H,25,26,27)/t11-/m0/s1. The lowest BCUT2D eigenvalue weighted by Crippen LogP contribution is -2.41. The highest BCUT2D eigenvalue weighted by Gasteiger charge is 2.21. The van der Waals surface area contributed by atoms with Gasteiger partial charge in [-0.15, -0.1) is 0 Å². The van der Waals surface area contributed by atoms with E-state index in [1.165, 1.54) is 31.2 Å². The Morgan fingerprint density at radius 3 is 2.26 bits per heavy atom. The first-order valence-corrected chi connectivity index (χ1v) is 9.16. The number of halogens is 3. The number of ether oxygens (including phenoxy) is 2. The van der Waals surface area contributed by atoms with E-state index in [1.807, 2.05) is 5.32 Å². The third-order valence-electron chi connectivity index (χ3n) is 3.76. The van der Waals surface area contributed by atoms with Crippen LogP contribution in [0.1, 0.15) is 27.6 Å². The molecular formula is C20H17ClF2N2O6. The minimum atomic E-state index is -3.01. The predicted molar refractivity (Wildman–Crippen MR) is 105 cm³/mol. The molecule has 164 valence electrons. The molecule has 0 aliphatic carbocycles. The van der Waals surface area contributed by atoms with Gasteiger partial charge in [0.1, 0.15) is 11.8 Å². The van der Waals surface area contributed by atoms with Gasteiger partial charge in [0.25, 0.3) is 17.7 Å². The average Bonchev–Trinajstić information content (AvgIpc) is 2.72. The van der Waals surface area contributed by atoms with Crippen LogP contribution < -0.4 is 15.4 Å². The molecule has 0 aliphatic heterocycles. The van der Waals surface area contributed by atoms with Crippen molar-refractivity contribution in [3.05, 3.63) is 64.7 Å². The molecule has 0 fully saturated rings. The van der Waals surface area contributed by atoms with Crippen LogP contribution in [-0.2, 0) is 14.3 Å². The molecule has 2 rings (SSSR count). The number of alkyl halides is 2. The summed E-state index contributed by atoms with van der Waals surface area (Å²) in [5, 5.41) is 4.56. The van der Waals surface area contributed by atoms with Gasteiger partial charge in [-0.3, -0.25) is 19.7 Å². The fraction of sp³-hybridized carbons (Fsp3) is 0.200. The third kappa shape index (κ3) is 7.34. The monoisotopic (exact) mass is 454 g/mol. The zero-order chi connectivity index (χ0) is 23.0. The van der Waals surface area contributed by atoms with E-state index < -0.39 is 43.0 Å². The number of rotatable bonds is 8. The second kappa shape index (κ2) is 11.0. The van der Waals surface area contributed by atoms with Gasteiger partial charge in [-0.05, 0) is 43.3 Å². The molecule has 8 nitrogen and oxygen atoms in total. The number of benzene rings is 2. The number of carbonyl (C=O) groups is 4. The molecule has 0 bridgehead atoms. The van der Waals surface area contributed by atoms with Crippen molar-refractivity contribution in [2.45, 2.75) is 19.6 Å². The number of imide groups is 1. The van der Waals surface area contributed by atoms with Crippen molar-refractivity contribution in [1.29, 1.82) is 0 Å². The maximum Gasteiger partial charge on any atom is 0.387 e. The van der Waals surface area contributed by atoms with Gasteiger partial charge in [0.05, 0.1) is 10.6 Å². The fourth-order valence-electron chi connectivity index (χ4n) is 2.26. The van der Waals surface area contributed by atoms with E-state index in [-0.39, 0.29) is 21.9 Å². The van der Waals surface area contributed by atoms with Gasteiger partial charge < -0.3 is 14.8 Å². The molecule has 0 aromatic heterocycles. The summed E-state index contributed by atoms with van der Waals surface area (Å²) in [7, 11) is 0. The fourth-order valence-corrected chi connectivity index (χ4v) is 2.48. The average molecular weight is 455 g/mol. The smallest absolute Gasteiger partial charge is 0.387 e. The normalized spacial score (nSPS) is 11.4. The summed E-state index contributed by atoms with van der Waals surface area (Å²) >= 11 is 5.91. The highest BCUT2D eigenvalue weighted by atomic mass is 35.5. The summed E-state index contributed by atoms with van der Waals surface area (Å²) in [6, 6.07) is 9.77. The van der Waals surface area contributed by atoms with Crippen molar-refractivity contribution in [3.8, 4) is 5.75 Å². The summed E-state index contributed by atoms with van der Waals surface area (Å²) < 4.78 is 33.2. The zero-order valence-electron chi connectivity index (χ0n) is 16.1. The molecule has 0 heterocycles. The first-order chi connectivity index (χ1) is 14.7. The molecule has 31 heavy (non-hydrogen) atoms. The highest BCUT2D eigenvalue weighted by molar-refractivity contribution is 6.33. The Hall–Kier alpha value is -3.53. The summed E-state index contributed by atoms with van der Waals surface area (Å²) in [5.41, 5.74) is 0.166. The Labute approximate surface area is 180 Å². The lowest BCUT2D eigenvalue weighted by molar-refractivity contribution is -0.149. The molecule has 0 aliphatic rings. The summed E-state index contributed by atoms with van der Waals surface area (Å²) in [5.74, 6) is -3.41. The topological polar surface area (TPSA) is 111 Å². The van der Waals surface area contributed by atoms with E-state index in [9.17, 15) is 28.0 Å². The molecule has 0 radical (unpaired) electrons. The van der Waals surface area contributed by atoms with E-state index in [2.05, 4.69) is 10.1 Å². The van der Waals surface area contributed by atoms with Gasteiger partial charge in [0.2, 0.25) is 0 Å². The summed E-state index contributed by atoms with van der Waals surface area (Å²) in [4.78, 5) is 47.9. The van der Waals surface area contributed by atoms with Crippen molar-refractivity contribution in [3.63, 3.8) is 0 Å². The van der Waals surface area contributed by atoms with Crippen molar-refractivity contribution < 1.29 is 37.4 Å². The Balaban J connectivity index is 1.80. The summed E-state index contributed by atoms with van der Waals surface area (Å²) in [6.45, 7) is -2.43. The van der Waals surface area contributed by atoms with Gasteiger partial charge in [0.15, 0.2) is 6.61 Å². The van der Waals surface area contributed by atoms with Crippen LogP contribution in [0.4, 0.5) is 8.78 Å². The maximum absolute atomic E-state index is 12.1. The van der Waals surface area contributed by atoms with Gasteiger partial charge in [-0.2, -0.15) is 8.78 Å². The lowest BCUT2D eigenvalue weighted by atomic mass is 10.2. The molecule has 0 spiro atoms. The highest BCUT2D eigenvalue weighted by Crippen LogP contribution is 2.15. The van der Waals surface area contributed by atoms with E-state index >= 15 is 0 Å². The van der Waals surface area contributed by atoms with E-state index in [0.717, 1.165) is 12.1 Å². The van der Waals surface area contributed by atoms with Crippen LogP contribution in [0.15, 0.2) is 48.5 Å². The third-order valence-corrected chi connectivity index (χ3v) is 4.09. The quantitative estimate of drug-likeness (QED) is 0.593. The molecule has 0 saturated carbocycles. The largest absolute Gasteiger partial charge is 0.454 e. The molecule has 0 unspecified atom stereocenters. The lowest BCUT2D eigenvalue weighted by Gasteiger charge is -2.14. The second-order valence-electron chi connectivity index (χ2n) is 6.06. The van der Waals surface area contributed by atoms with Crippen LogP contribution in [0, 0.1) is 0 Å². The van der Waals surface area contributed by atoms with Crippen molar-refractivity contribution in [2.24, 2.45) is 0 Å². The minimum absolute atomic E-state index is 0.00154. The molecule has 11 heteroatoms. The Kier molecular flexibility index (Phi) is 8.44. The number of nitrogens with one attached hydrogen (secondary N) is 2. The SMILES string of the molecule is C[C@H](NC(=O)c1ccccc1Cl)C(=O)OCC(=O)NC(=O)c1ccc(OC(F)F)cc1. The Morgan fingerprint density at radius 2 is 1.65 bits per heavy atom. The van der Waals surface area contributed by atoms with E-state index in [0.29, 0.717) is 0 Å². The first-order valence-electron chi connectivity index (χ1n) is 8.78. The molecule has 2 aromatic carbocycles. The molecule has 2 aromatic rings. The van der Waals surface area contributed by atoms with Crippen molar-refractivity contribution >= 4 is 35.3 Å². The van der Waals surface area contributed by atoms with Gasteiger partial charge >= 0.3 is 12.6 Å². The summed E-state index contributed by atoms with van der Waals surface area (Å²) in [6.07, 6.45) is 0.